The van der Waals surface area contributed by atoms with Gasteiger partial charge in [-0.1, -0.05) is 30.3 Å². The number of pyridine rings is 1. The molecule has 1 aromatic heterocycles. The molecule has 2 aromatic rings. The summed E-state index contributed by atoms with van der Waals surface area (Å²) in [6.45, 7) is 12.7. The fourth-order valence-corrected chi connectivity index (χ4v) is 3.61. The maximum absolute atomic E-state index is 11.5. The van der Waals surface area contributed by atoms with Crippen LogP contribution >= 0.6 is 11.6 Å². The predicted molar refractivity (Wildman–Crippen MR) is 144 cm³/mol. The first-order valence-electron chi connectivity index (χ1n) is 11.9. The minimum atomic E-state index is -0.350. The van der Waals surface area contributed by atoms with Crippen LogP contribution in [0, 0.1) is 0 Å². The number of hydrogen-bond acceptors (Lipinski definition) is 6. The summed E-state index contributed by atoms with van der Waals surface area (Å²) in [4.78, 5) is 18.0. The quantitative estimate of drug-likeness (QED) is 0.242. The highest BCUT2D eigenvalue weighted by atomic mass is 35.5. The number of nitrogens with one attached hydrogen (secondary N) is 1. The van der Waals surface area contributed by atoms with Gasteiger partial charge in [0.15, 0.2) is 0 Å². The summed E-state index contributed by atoms with van der Waals surface area (Å²) in [5.74, 6) is 1.82. The first-order chi connectivity index (χ1) is 16.9. The molecule has 7 heteroatoms. The van der Waals surface area contributed by atoms with Gasteiger partial charge in [0.2, 0.25) is 0 Å². The summed E-state index contributed by atoms with van der Waals surface area (Å²) in [5, 5.41) is 3.55. The van der Waals surface area contributed by atoms with E-state index in [0.29, 0.717) is 16.4 Å². The third-order valence-electron chi connectivity index (χ3n) is 5.18. The number of anilines is 1. The molecule has 0 unspecified atom stereocenters. The minimum absolute atomic E-state index is 0.118. The fourth-order valence-electron chi connectivity index (χ4n) is 3.48. The second-order valence-electron chi connectivity index (χ2n) is 8.22. The Morgan fingerprint density at radius 3 is 2.49 bits per heavy atom. The topological polar surface area (TPSA) is 63.7 Å². The van der Waals surface area contributed by atoms with Crippen LogP contribution in [0.3, 0.4) is 0 Å². The highest BCUT2D eigenvalue weighted by Gasteiger charge is 2.16. The molecule has 0 amide bonds. The summed E-state index contributed by atoms with van der Waals surface area (Å²) in [6.07, 6.45) is 9.87. The van der Waals surface area contributed by atoms with E-state index in [1.54, 1.807) is 31.5 Å². The molecule has 0 saturated carbocycles. The van der Waals surface area contributed by atoms with Crippen molar-refractivity contribution in [2.45, 2.75) is 39.7 Å². The molecule has 1 saturated heterocycles. The monoisotopic (exact) mass is 497 g/mol. The molecule has 0 radical (unpaired) electrons. The molecule has 1 N–H and O–H groups in total. The van der Waals surface area contributed by atoms with Crippen molar-refractivity contribution in [3.63, 3.8) is 0 Å². The van der Waals surface area contributed by atoms with E-state index < -0.39 is 0 Å². The van der Waals surface area contributed by atoms with Crippen LogP contribution in [-0.2, 0) is 4.74 Å². The largest absolute Gasteiger partial charge is 0.459 e. The van der Waals surface area contributed by atoms with Crippen LogP contribution in [0.5, 0.6) is 5.75 Å². The van der Waals surface area contributed by atoms with Gasteiger partial charge >= 0.3 is 5.97 Å². The maximum atomic E-state index is 11.5. The molecule has 1 aliphatic heterocycles. The van der Waals surface area contributed by atoms with Gasteiger partial charge in [0.1, 0.15) is 22.9 Å². The number of esters is 1. The zero-order chi connectivity index (χ0) is 25.6. The van der Waals surface area contributed by atoms with E-state index in [0.717, 1.165) is 18.1 Å². The third-order valence-corrected chi connectivity index (χ3v) is 5.43. The number of carbonyl (C=O) groups is 1. The Hall–Kier alpha value is -3.09. The number of likely N-dealkylation sites (tertiary alicyclic amines) is 1. The number of halogens is 1. The number of rotatable bonds is 9. The van der Waals surface area contributed by atoms with Crippen molar-refractivity contribution in [2.75, 3.05) is 32.0 Å². The van der Waals surface area contributed by atoms with Crippen LogP contribution in [0.1, 0.15) is 44.0 Å². The Balaban J connectivity index is 0.000000269. The van der Waals surface area contributed by atoms with Gasteiger partial charge in [0.25, 0.3) is 0 Å². The first kappa shape index (κ1) is 28.1. The van der Waals surface area contributed by atoms with E-state index in [4.69, 9.17) is 21.1 Å². The number of ether oxygens (including phenoxy) is 2. The maximum Gasteiger partial charge on any atom is 0.342 e. The van der Waals surface area contributed by atoms with Crippen molar-refractivity contribution < 1.29 is 14.3 Å². The van der Waals surface area contributed by atoms with Crippen LogP contribution in [0.25, 0.3) is 0 Å². The highest BCUT2D eigenvalue weighted by molar-refractivity contribution is 6.30. The Labute approximate surface area is 214 Å². The SMILES string of the molecule is C=C/C=C(Oc1ccc(Cl)cc1)\C(=C/C)CN1CCCC1.CNc1ncccc1C(=O)OC(C)C. The molecule has 0 aliphatic carbocycles. The lowest BCUT2D eigenvalue weighted by Crippen LogP contribution is -2.23. The molecule has 2 heterocycles. The number of allylic oxidation sites excluding steroid dienone is 3. The molecule has 1 fully saturated rings. The van der Waals surface area contributed by atoms with E-state index in [9.17, 15) is 4.79 Å². The smallest absolute Gasteiger partial charge is 0.342 e. The van der Waals surface area contributed by atoms with Crippen molar-refractivity contribution >= 4 is 23.4 Å². The Kier molecular flexibility index (Phi) is 12.1. The van der Waals surface area contributed by atoms with Gasteiger partial charge in [0, 0.05) is 30.4 Å². The fraction of sp³-hybridized carbons (Fsp3) is 0.357. The molecular weight excluding hydrogens is 462 g/mol. The van der Waals surface area contributed by atoms with Crippen LogP contribution in [0.4, 0.5) is 5.82 Å². The average molecular weight is 498 g/mol. The normalized spacial score (nSPS) is 14.2. The van der Waals surface area contributed by atoms with E-state index in [2.05, 4.69) is 27.9 Å². The average Bonchev–Trinajstić information content (AvgIpc) is 3.37. The molecule has 0 spiro atoms. The lowest BCUT2D eigenvalue weighted by atomic mass is 10.1. The lowest BCUT2D eigenvalue weighted by Gasteiger charge is -2.19. The van der Waals surface area contributed by atoms with Gasteiger partial charge in [-0.15, -0.1) is 0 Å². The number of carbonyl (C=O) groups excluding carboxylic acids is 1. The molecule has 35 heavy (non-hydrogen) atoms. The first-order valence-corrected chi connectivity index (χ1v) is 12.2. The molecule has 3 rings (SSSR count). The van der Waals surface area contributed by atoms with E-state index in [1.165, 1.54) is 31.5 Å². The molecule has 0 atom stereocenters. The standard InChI is InChI=1S/C18H22ClNO.C10H14N2O2/c1-3-7-18(21-17-10-8-16(19)9-11-17)15(4-2)14-20-12-5-6-13-20;1-7(2)14-10(13)8-5-4-6-12-9(8)11-3/h3-4,7-11H,1,5-6,12-14H2,2H3;4-7H,1-3H3,(H,11,12)/b15-4-,18-7+;. The van der Waals surface area contributed by atoms with Crippen molar-refractivity contribution in [1.82, 2.24) is 9.88 Å². The van der Waals surface area contributed by atoms with E-state index >= 15 is 0 Å². The summed E-state index contributed by atoms with van der Waals surface area (Å²) < 4.78 is 11.1. The van der Waals surface area contributed by atoms with Crippen LogP contribution in [0.2, 0.25) is 5.02 Å². The van der Waals surface area contributed by atoms with Crippen molar-refractivity contribution in [2.24, 2.45) is 0 Å². The van der Waals surface area contributed by atoms with Gasteiger partial charge in [-0.25, -0.2) is 9.78 Å². The number of hydrogen-bond donors (Lipinski definition) is 1. The van der Waals surface area contributed by atoms with E-state index in [1.807, 2.05) is 51.1 Å². The second kappa shape index (κ2) is 15.0. The molecular formula is C28H36ClN3O3. The molecule has 6 nitrogen and oxygen atoms in total. The molecule has 1 aliphatic rings. The van der Waals surface area contributed by atoms with Crippen molar-refractivity contribution in [3.8, 4) is 5.75 Å². The van der Waals surface area contributed by atoms with Crippen LogP contribution in [-0.4, -0.2) is 48.6 Å². The Bertz CT molecular complexity index is 1010. The zero-order valence-electron chi connectivity index (χ0n) is 21.1. The number of benzene rings is 1. The van der Waals surface area contributed by atoms with Crippen molar-refractivity contribution in [1.29, 1.82) is 0 Å². The lowest BCUT2D eigenvalue weighted by molar-refractivity contribution is 0.0378. The highest BCUT2D eigenvalue weighted by Crippen LogP contribution is 2.23. The minimum Gasteiger partial charge on any atom is -0.459 e. The van der Waals surface area contributed by atoms with Crippen molar-refractivity contribution in [3.05, 3.63) is 89.3 Å². The summed E-state index contributed by atoms with van der Waals surface area (Å²) >= 11 is 5.91. The Morgan fingerprint density at radius 2 is 1.91 bits per heavy atom. The summed E-state index contributed by atoms with van der Waals surface area (Å²) in [5.41, 5.74) is 1.65. The van der Waals surface area contributed by atoms with Gasteiger partial charge < -0.3 is 14.8 Å². The molecule has 0 bridgehead atoms. The van der Waals surface area contributed by atoms with E-state index in [-0.39, 0.29) is 12.1 Å². The van der Waals surface area contributed by atoms with Gasteiger partial charge in [-0.3, -0.25) is 4.90 Å². The number of nitrogens with zero attached hydrogens (tertiary/aromatic N) is 2. The van der Waals surface area contributed by atoms with Gasteiger partial charge in [-0.2, -0.15) is 0 Å². The van der Waals surface area contributed by atoms with Gasteiger partial charge in [-0.05, 0) is 89.2 Å². The summed E-state index contributed by atoms with van der Waals surface area (Å²) in [7, 11) is 1.72. The third kappa shape index (κ3) is 9.59. The zero-order valence-corrected chi connectivity index (χ0v) is 21.8. The Morgan fingerprint density at radius 1 is 1.23 bits per heavy atom. The molecule has 1 aromatic carbocycles. The number of aromatic nitrogens is 1. The van der Waals surface area contributed by atoms with Gasteiger partial charge in [0.05, 0.1) is 6.10 Å². The summed E-state index contributed by atoms with van der Waals surface area (Å²) in [6, 6.07) is 10.8. The predicted octanol–water partition coefficient (Wildman–Crippen LogP) is 6.52. The van der Waals surface area contributed by atoms with Crippen LogP contribution < -0.4 is 10.1 Å². The van der Waals surface area contributed by atoms with Crippen LogP contribution in [0.15, 0.2) is 78.7 Å². The molecule has 188 valence electrons. The second-order valence-corrected chi connectivity index (χ2v) is 8.66.